The lowest BCUT2D eigenvalue weighted by atomic mass is 10.1. The highest BCUT2D eigenvalue weighted by molar-refractivity contribution is 9.10. The Hall–Kier alpha value is -0.580. The van der Waals surface area contributed by atoms with E-state index in [4.69, 9.17) is 10.6 Å². The van der Waals surface area contributed by atoms with Crippen LogP contribution < -0.4 is 10.6 Å². The largest absolute Gasteiger partial charge is 0.496 e. The van der Waals surface area contributed by atoms with E-state index in [2.05, 4.69) is 27.7 Å². The van der Waals surface area contributed by atoms with Crippen molar-refractivity contribution in [3.8, 4) is 5.75 Å². The normalized spacial score (nSPS) is 10.3. The molecular weight excluding hydrogens is 246 g/mol. The minimum atomic E-state index is 0.507. The molecule has 14 heavy (non-hydrogen) atoms. The number of rotatable bonds is 4. The van der Waals surface area contributed by atoms with Crippen LogP contribution in [0.2, 0.25) is 0 Å². The molecule has 0 aliphatic rings. The number of hydrogen-bond acceptors (Lipinski definition) is 3. The molecule has 0 amide bonds. The van der Waals surface area contributed by atoms with Gasteiger partial charge in [-0.2, -0.15) is 0 Å². The molecule has 1 aromatic carbocycles. The number of aryl methyl sites for hydroxylation is 1. The Morgan fingerprint density at radius 1 is 1.43 bits per heavy atom. The van der Waals surface area contributed by atoms with E-state index in [1.807, 2.05) is 12.1 Å². The van der Waals surface area contributed by atoms with Crippen LogP contribution in [-0.2, 0) is 11.3 Å². The van der Waals surface area contributed by atoms with Gasteiger partial charge in [-0.3, -0.25) is 0 Å². The zero-order valence-corrected chi connectivity index (χ0v) is 9.93. The maximum absolute atomic E-state index is 5.20. The highest BCUT2D eigenvalue weighted by Crippen LogP contribution is 2.31. The van der Waals surface area contributed by atoms with Crippen molar-refractivity contribution in [1.82, 2.24) is 0 Å². The van der Waals surface area contributed by atoms with Crippen LogP contribution in [0.1, 0.15) is 11.1 Å². The molecule has 4 heteroatoms. The molecule has 0 aliphatic heterocycles. The maximum Gasteiger partial charge on any atom is 0.133 e. The van der Waals surface area contributed by atoms with Crippen LogP contribution in [0.5, 0.6) is 5.75 Å². The van der Waals surface area contributed by atoms with Gasteiger partial charge in [0.05, 0.1) is 18.2 Å². The van der Waals surface area contributed by atoms with E-state index in [1.54, 1.807) is 7.11 Å². The van der Waals surface area contributed by atoms with Crippen molar-refractivity contribution in [3.05, 3.63) is 27.7 Å². The van der Waals surface area contributed by atoms with Gasteiger partial charge < -0.3 is 9.57 Å². The summed E-state index contributed by atoms with van der Waals surface area (Å²) < 4.78 is 6.19. The zero-order chi connectivity index (χ0) is 10.6. The fourth-order valence-corrected chi connectivity index (χ4v) is 2.13. The predicted octanol–water partition coefficient (Wildman–Crippen LogP) is 2.20. The number of benzene rings is 1. The van der Waals surface area contributed by atoms with E-state index in [-0.39, 0.29) is 0 Å². The highest BCUT2D eigenvalue weighted by atomic mass is 79.9. The summed E-state index contributed by atoms with van der Waals surface area (Å²) in [5, 5.41) is 0. The summed E-state index contributed by atoms with van der Waals surface area (Å²) in [5.74, 6) is 5.84. The molecule has 0 unspecified atom stereocenters. The maximum atomic E-state index is 5.20. The fraction of sp³-hybridized carbons (Fsp3) is 0.400. The fourth-order valence-electron chi connectivity index (χ4n) is 1.32. The van der Waals surface area contributed by atoms with E-state index in [0.29, 0.717) is 6.61 Å². The summed E-state index contributed by atoms with van der Waals surface area (Å²) in [6.45, 7) is 2.56. The average molecular weight is 260 g/mol. The topological polar surface area (TPSA) is 44.5 Å². The van der Waals surface area contributed by atoms with E-state index in [1.165, 1.54) is 11.1 Å². The lowest BCUT2D eigenvalue weighted by Gasteiger charge is -2.11. The summed E-state index contributed by atoms with van der Waals surface area (Å²) in [4.78, 5) is 4.57. The average Bonchev–Trinajstić information content (AvgIpc) is 2.18. The van der Waals surface area contributed by atoms with Crippen molar-refractivity contribution >= 4 is 15.9 Å². The van der Waals surface area contributed by atoms with Gasteiger partial charge in [-0.1, -0.05) is 6.07 Å². The smallest absolute Gasteiger partial charge is 0.133 e. The number of ether oxygens (including phenoxy) is 1. The predicted molar refractivity (Wildman–Crippen MR) is 59.3 cm³/mol. The van der Waals surface area contributed by atoms with Gasteiger partial charge in [-0.25, -0.2) is 5.90 Å². The van der Waals surface area contributed by atoms with Crippen LogP contribution in [0.25, 0.3) is 0 Å². The summed E-state index contributed by atoms with van der Waals surface area (Å²) in [6, 6.07) is 3.96. The number of hydrogen-bond donors (Lipinski definition) is 1. The van der Waals surface area contributed by atoms with Crippen molar-refractivity contribution in [2.24, 2.45) is 5.90 Å². The van der Waals surface area contributed by atoms with E-state index >= 15 is 0 Å². The van der Waals surface area contributed by atoms with Gasteiger partial charge in [0.2, 0.25) is 0 Å². The van der Waals surface area contributed by atoms with Crippen LogP contribution in [-0.4, -0.2) is 13.7 Å². The molecule has 0 atom stereocenters. The van der Waals surface area contributed by atoms with Crippen molar-refractivity contribution in [1.29, 1.82) is 0 Å². The first kappa shape index (κ1) is 11.5. The first-order valence-corrected chi connectivity index (χ1v) is 5.13. The molecule has 0 fully saturated rings. The minimum absolute atomic E-state index is 0.507. The third-order valence-electron chi connectivity index (χ3n) is 2.13. The van der Waals surface area contributed by atoms with Crippen LogP contribution in [0.15, 0.2) is 16.6 Å². The standard InChI is InChI=1S/C10H14BrNO2/c1-7-3-4-9(13-2)10(11)8(7)5-6-14-12/h3-4H,5-6,12H2,1-2H3. The second kappa shape index (κ2) is 5.34. The minimum Gasteiger partial charge on any atom is -0.496 e. The highest BCUT2D eigenvalue weighted by Gasteiger charge is 2.08. The molecule has 0 saturated heterocycles. The molecule has 0 saturated carbocycles. The number of halogens is 1. The quantitative estimate of drug-likeness (QED) is 0.844. The lowest BCUT2D eigenvalue weighted by molar-refractivity contribution is 0.141. The van der Waals surface area contributed by atoms with E-state index in [9.17, 15) is 0 Å². The second-order valence-corrected chi connectivity index (χ2v) is 3.79. The van der Waals surface area contributed by atoms with Crippen LogP contribution >= 0.6 is 15.9 Å². The molecule has 78 valence electrons. The summed E-state index contributed by atoms with van der Waals surface area (Å²) in [5.41, 5.74) is 2.38. The third-order valence-corrected chi connectivity index (χ3v) is 3.00. The number of nitrogens with two attached hydrogens (primary N) is 1. The van der Waals surface area contributed by atoms with Gasteiger partial charge in [0.1, 0.15) is 5.75 Å². The van der Waals surface area contributed by atoms with Gasteiger partial charge in [-0.05, 0) is 46.5 Å². The molecule has 1 aromatic rings. The second-order valence-electron chi connectivity index (χ2n) is 3.00. The van der Waals surface area contributed by atoms with Gasteiger partial charge in [0, 0.05) is 0 Å². The molecule has 0 radical (unpaired) electrons. The van der Waals surface area contributed by atoms with Crippen molar-refractivity contribution in [2.45, 2.75) is 13.3 Å². The monoisotopic (exact) mass is 259 g/mol. The van der Waals surface area contributed by atoms with Gasteiger partial charge >= 0.3 is 0 Å². The lowest BCUT2D eigenvalue weighted by Crippen LogP contribution is -2.05. The molecule has 3 nitrogen and oxygen atoms in total. The molecule has 0 aliphatic carbocycles. The zero-order valence-electron chi connectivity index (χ0n) is 8.34. The summed E-state index contributed by atoms with van der Waals surface area (Å²) in [6.07, 6.45) is 0.778. The molecule has 0 spiro atoms. The Kier molecular flexibility index (Phi) is 4.38. The Bertz CT molecular complexity index is 315. The molecule has 0 bridgehead atoms. The Morgan fingerprint density at radius 3 is 2.71 bits per heavy atom. The van der Waals surface area contributed by atoms with Crippen molar-refractivity contribution in [3.63, 3.8) is 0 Å². The summed E-state index contributed by atoms with van der Waals surface area (Å²) >= 11 is 3.50. The molecule has 2 N–H and O–H groups in total. The van der Waals surface area contributed by atoms with Crippen molar-refractivity contribution < 1.29 is 9.57 Å². The van der Waals surface area contributed by atoms with Gasteiger partial charge in [0.25, 0.3) is 0 Å². The SMILES string of the molecule is COc1ccc(C)c(CCON)c1Br. The molecular formula is C10H14BrNO2. The van der Waals surface area contributed by atoms with Crippen LogP contribution in [0.3, 0.4) is 0 Å². The third kappa shape index (κ3) is 2.47. The van der Waals surface area contributed by atoms with Crippen LogP contribution in [0.4, 0.5) is 0 Å². The first-order chi connectivity index (χ1) is 6.70. The van der Waals surface area contributed by atoms with E-state index < -0.39 is 0 Å². The Balaban J connectivity index is 2.99. The molecule has 0 aromatic heterocycles. The van der Waals surface area contributed by atoms with Gasteiger partial charge in [-0.15, -0.1) is 0 Å². The molecule has 0 heterocycles. The first-order valence-electron chi connectivity index (χ1n) is 4.34. The number of methoxy groups -OCH3 is 1. The molecule has 1 rings (SSSR count). The van der Waals surface area contributed by atoms with Gasteiger partial charge in [0.15, 0.2) is 0 Å². The Morgan fingerprint density at radius 2 is 2.14 bits per heavy atom. The summed E-state index contributed by atoms with van der Waals surface area (Å²) in [7, 11) is 1.65. The van der Waals surface area contributed by atoms with E-state index in [0.717, 1.165) is 16.6 Å². The Labute approximate surface area is 92.3 Å². The van der Waals surface area contributed by atoms with Crippen LogP contribution in [0, 0.1) is 6.92 Å². The van der Waals surface area contributed by atoms with Crippen molar-refractivity contribution in [2.75, 3.05) is 13.7 Å².